The van der Waals surface area contributed by atoms with E-state index in [1.54, 1.807) is 0 Å². The number of hydrogen-bond acceptors (Lipinski definition) is 4. The second-order valence-corrected chi connectivity index (χ2v) is 8.64. The van der Waals surface area contributed by atoms with Crippen LogP contribution in [0, 0.1) is 6.92 Å². The van der Waals surface area contributed by atoms with E-state index in [1.807, 2.05) is 54.3 Å². The molecular formula is C26H27N3O2. The van der Waals surface area contributed by atoms with Gasteiger partial charge in [0.25, 0.3) is 5.91 Å². The summed E-state index contributed by atoms with van der Waals surface area (Å²) in [6.45, 7) is 3.43. The van der Waals surface area contributed by atoms with Crippen LogP contribution >= 0.6 is 0 Å². The largest absolute Gasteiger partial charge is 0.457 e. The van der Waals surface area contributed by atoms with E-state index < -0.39 is 0 Å². The van der Waals surface area contributed by atoms with Crippen LogP contribution in [-0.4, -0.2) is 34.1 Å². The molecule has 2 heterocycles. The first-order valence-electron chi connectivity index (χ1n) is 11.1. The highest BCUT2D eigenvalue weighted by molar-refractivity contribution is 5.94. The Morgan fingerprint density at radius 2 is 1.45 bits per heavy atom. The Morgan fingerprint density at radius 3 is 2.03 bits per heavy atom. The number of carbonyl (C=O) groups excluding carboxylic acids is 1. The molecule has 0 N–H and O–H groups in total. The summed E-state index contributed by atoms with van der Waals surface area (Å²) in [6.07, 6.45) is 4.43. The van der Waals surface area contributed by atoms with E-state index in [9.17, 15) is 4.79 Å². The smallest absolute Gasteiger partial charge is 0.253 e. The lowest BCUT2D eigenvalue weighted by atomic mass is 9.93. The Bertz CT molecular complexity index is 1030. The first kappa shape index (κ1) is 19.7. The minimum atomic E-state index is 0.0776. The van der Waals surface area contributed by atoms with Gasteiger partial charge in [-0.1, -0.05) is 12.1 Å². The van der Waals surface area contributed by atoms with Crippen molar-refractivity contribution in [3.63, 3.8) is 0 Å². The highest BCUT2D eigenvalue weighted by Crippen LogP contribution is 2.40. The van der Waals surface area contributed by atoms with Gasteiger partial charge in [0, 0.05) is 24.6 Å². The molecule has 1 aliphatic heterocycles. The van der Waals surface area contributed by atoms with Crippen molar-refractivity contribution in [3.05, 3.63) is 83.2 Å². The van der Waals surface area contributed by atoms with Crippen LogP contribution in [0.2, 0.25) is 0 Å². The van der Waals surface area contributed by atoms with Gasteiger partial charge in [-0.25, -0.2) is 0 Å². The number of benzene rings is 2. The summed E-state index contributed by atoms with van der Waals surface area (Å²) in [5.41, 5.74) is 4.06. The molecular weight excluding hydrogens is 386 g/mol. The van der Waals surface area contributed by atoms with E-state index >= 15 is 0 Å². The Hall–Kier alpha value is -3.21. The molecule has 0 unspecified atom stereocenters. The zero-order valence-corrected chi connectivity index (χ0v) is 17.8. The molecule has 1 aliphatic carbocycles. The van der Waals surface area contributed by atoms with Crippen molar-refractivity contribution < 1.29 is 9.53 Å². The SMILES string of the molecule is Cc1ccc(C2CCN(C(=O)c3ccc(Oc4ccc(C5CC5)cc4)cc3)CC2)nn1. The Kier molecular flexibility index (Phi) is 5.41. The predicted octanol–water partition coefficient (Wildman–Crippen LogP) is 5.47. The quantitative estimate of drug-likeness (QED) is 0.556. The third-order valence-corrected chi connectivity index (χ3v) is 6.28. The topological polar surface area (TPSA) is 55.3 Å². The molecule has 2 aromatic carbocycles. The fraction of sp³-hybridized carbons (Fsp3) is 0.346. The second kappa shape index (κ2) is 8.50. The number of piperidine rings is 1. The zero-order chi connectivity index (χ0) is 21.2. The molecule has 0 spiro atoms. The first-order chi connectivity index (χ1) is 15.2. The second-order valence-electron chi connectivity index (χ2n) is 8.64. The highest BCUT2D eigenvalue weighted by Gasteiger charge is 2.26. The Morgan fingerprint density at radius 1 is 0.806 bits per heavy atom. The molecule has 0 atom stereocenters. The highest BCUT2D eigenvalue weighted by atomic mass is 16.5. The molecule has 31 heavy (non-hydrogen) atoms. The molecule has 5 heteroatoms. The fourth-order valence-electron chi connectivity index (χ4n) is 4.21. The maximum absolute atomic E-state index is 12.9. The van der Waals surface area contributed by atoms with E-state index in [-0.39, 0.29) is 5.91 Å². The van der Waals surface area contributed by atoms with Crippen molar-refractivity contribution in [2.75, 3.05) is 13.1 Å². The van der Waals surface area contributed by atoms with E-state index in [0.29, 0.717) is 11.5 Å². The van der Waals surface area contributed by atoms with Crippen LogP contribution in [0.15, 0.2) is 60.7 Å². The third kappa shape index (κ3) is 4.61. The van der Waals surface area contributed by atoms with Gasteiger partial charge in [-0.2, -0.15) is 10.2 Å². The maximum Gasteiger partial charge on any atom is 0.253 e. The van der Waals surface area contributed by atoms with Gasteiger partial charge in [0.1, 0.15) is 11.5 Å². The van der Waals surface area contributed by atoms with Gasteiger partial charge in [-0.3, -0.25) is 4.79 Å². The average Bonchev–Trinajstić information content (AvgIpc) is 3.66. The van der Waals surface area contributed by atoms with Crippen LogP contribution in [0.4, 0.5) is 0 Å². The number of aromatic nitrogens is 2. The van der Waals surface area contributed by atoms with E-state index in [4.69, 9.17) is 4.74 Å². The van der Waals surface area contributed by atoms with Crippen molar-refractivity contribution in [2.45, 2.75) is 44.4 Å². The molecule has 1 saturated heterocycles. The number of likely N-dealkylation sites (tertiary alicyclic amines) is 1. The average molecular weight is 414 g/mol. The van der Waals surface area contributed by atoms with Crippen LogP contribution in [0.1, 0.15) is 64.8 Å². The Labute approximate surface area is 183 Å². The Balaban J connectivity index is 1.17. The summed E-state index contributed by atoms with van der Waals surface area (Å²) in [4.78, 5) is 14.9. The lowest BCUT2D eigenvalue weighted by Gasteiger charge is -2.31. The third-order valence-electron chi connectivity index (χ3n) is 6.28. The van der Waals surface area contributed by atoms with E-state index in [1.165, 1.54) is 18.4 Å². The number of nitrogens with zero attached hydrogens (tertiary/aromatic N) is 3. The zero-order valence-electron chi connectivity index (χ0n) is 17.8. The van der Waals surface area contributed by atoms with Gasteiger partial charge in [0.05, 0.1) is 11.4 Å². The molecule has 0 radical (unpaired) electrons. The molecule has 5 nitrogen and oxygen atoms in total. The monoisotopic (exact) mass is 413 g/mol. The van der Waals surface area contributed by atoms with Crippen molar-refractivity contribution in [3.8, 4) is 11.5 Å². The molecule has 5 rings (SSSR count). The first-order valence-corrected chi connectivity index (χ1v) is 11.1. The number of amides is 1. The minimum Gasteiger partial charge on any atom is -0.457 e. The number of hydrogen-bond donors (Lipinski definition) is 0. The number of aryl methyl sites for hydroxylation is 1. The van der Waals surface area contributed by atoms with Gasteiger partial charge in [-0.05, 0) is 92.6 Å². The van der Waals surface area contributed by atoms with E-state index in [2.05, 4.69) is 28.4 Å². The lowest BCUT2D eigenvalue weighted by Crippen LogP contribution is -2.38. The number of ether oxygens (including phenoxy) is 1. The maximum atomic E-state index is 12.9. The molecule has 1 aromatic heterocycles. The summed E-state index contributed by atoms with van der Waals surface area (Å²) in [5, 5.41) is 8.49. The molecule has 0 bridgehead atoms. The summed E-state index contributed by atoms with van der Waals surface area (Å²) in [6, 6.07) is 19.9. The van der Waals surface area contributed by atoms with Crippen molar-refractivity contribution in [1.82, 2.24) is 15.1 Å². The molecule has 2 fully saturated rings. The van der Waals surface area contributed by atoms with Gasteiger partial charge in [0.2, 0.25) is 0 Å². The number of rotatable bonds is 5. The van der Waals surface area contributed by atoms with Gasteiger partial charge in [-0.15, -0.1) is 0 Å². The van der Waals surface area contributed by atoms with Crippen molar-refractivity contribution in [1.29, 1.82) is 0 Å². The van der Waals surface area contributed by atoms with Crippen molar-refractivity contribution >= 4 is 5.91 Å². The van der Waals surface area contributed by atoms with Gasteiger partial charge >= 0.3 is 0 Å². The fourth-order valence-corrected chi connectivity index (χ4v) is 4.21. The normalized spacial score (nSPS) is 16.9. The van der Waals surface area contributed by atoms with Crippen LogP contribution in [-0.2, 0) is 0 Å². The summed E-state index contributed by atoms with van der Waals surface area (Å²) >= 11 is 0. The number of carbonyl (C=O) groups is 1. The predicted molar refractivity (Wildman–Crippen MR) is 120 cm³/mol. The summed E-state index contributed by atoms with van der Waals surface area (Å²) in [7, 11) is 0. The van der Waals surface area contributed by atoms with Crippen LogP contribution in [0.25, 0.3) is 0 Å². The molecule has 2 aliphatic rings. The van der Waals surface area contributed by atoms with Crippen molar-refractivity contribution in [2.24, 2.45) is 0 Å². The molecule has 1 amide bonds. The lowest BCUT2D eigenvalue weighted by molar-refractivity contribution is 0.0712. The van der Waals surface area contributed by atoms with Crippen LogP contribution in [0.5, 0.6) is 11.5 Å². The summed E-state index contributed by atoms with van der Waals surface area (Å²) in [5.74, 6) is 2.76. The van der Waals surface area contributed by atoms with Crippen LogP contribution in [0.3, 0.4) is 0 Å². The van der Waals surface area contributed by atoms with E-state index in [0.717, 1.165) is 54.7 Å². The minimum absolute atomic E-state index is 0.0776. The van der Waals surface area contributed by atoms with Crippen LogP contribution < -0.4 is 4.74 Å². The van der Waals surface area contributed by atoms with Gasteiger partial charge in [0.15, 0.2) is 0 Å². The summed E-state index contributed by atoms with van der Waals surface area (Å²) < 4.78 is 5.95. The molecule has 3 aromatic rings. The van der Waals surface area contributed by atoms with Gasteiger partial charge < -0.3 is 9.64 Å². The molecule has 158 valence electrons. The molecule has 1 saturated carbocycles. The standard InChI is InChI=1S/C26H27N3O2/c1-18-2-13-25(28-27-18)21-14-16-29(17-15-21)26(30)22-7-11-24(12-8-22)31-23-9-5-20(6-10-23)19-3-4-19/h2,5-13,19,21H,3-4,14-17H2,1H3.